The molecule has 1 atom stereocenters. The van der Waals surface area contributed by atoms with Crippen molar-refractivity contribution in [1.29, 1.82) is 0 Å². The van der Waals surface area contributed by atoms with E-state index < -0.39 is 0 Å². The molecule has 1 rings (SSSR count). The highest BCUT2D eigenvalue weighted by atomic mass is 16.5. The lowest BCUT2D eigenvalue weighted by Crippen LogP contribution is -2.42. The minimum Gasteiger partial charge on any atom is -0.383 e. The van der Waals surface area contributed by atoms with Crippen LogP contribution in [-0.2, 0) is 4.74 Å². The molecule has 4 nitrogen and oxygen atoms in total. The van der Waals surface area contributed by atoms with Crippen LogP contribution in [0.3, 0.4) is 0 Å². The molecule has 0 aromatic heterocycles. The number of hydrogen-bond donors (Lipinski definition) is 1. The summed E-state index contributed by atoms with van der Waals surface area (Å²) in [7, 11) is 1.79. The third kappa shape index (κ3) is 6.14. The molecular formula is C14H31N3O. The number of hydrogen-bond acceptors (Lipinski definition) is 4. The lowest BCUT2D eigenvalue weighted by atomic mass is 10.2. The largest absolute Gasteiger partial charge is 0.383 e. The summed E-state index contributed by atoms with van der Waals surface area (Å²) in [6, 6.07) is 0.658. The molecule has 0 bridgehead atoms. The second-order valence-corrected chi connectivity index (χ2v) is 5.23. The van der Waals surface area contributed by atoms with Crippen LogP contribution in [0.1, 0.15) is 26.7 Å². The van der Waals surface area contributed by atoms with Crippen molar-refractivity contribution in [2.24, 2.45) is 0 Å². The van der Waals surface area contributed by atoms with Gasteiger partial charge in [0, 0.05) is 45.9 Å². The molecule has 1 aliphatic heterocycles. The van der Waals surface area contributed by atoms with Crippen LogP contribution in [0.25, 0.3) is 0 Å². The highest BCUT2D eigenvalue weighted by Crippen LogP contribution is 2.04. The first kappa shape index (κ1) is 15.9. The van der Waals surface area contributed by atoms with E-state index in [1.54, 1.807) is 7.11 Å². The van der Waals surface area contributed by atoms with Gasteiger partial charge in [0.05, 0.1) is 6.61 Å². The van der Waals surface area contributed by atoms with Crippen LogP contribution in [-0.4, -0.2) is 75.4 Å². The maximum atomic E-state index is 5.21. The van der Waals surface area contributed by atoms with Gasteiger partial charge >= 0.3 is 0 Å². The van der Waals surface area contributed by atoms with E-state index in [9.17, 15) is 0 Å². The number of rotatable bonds is 8. The number of nitrogens with one attached hydrogen (secondary N) is 1. The standard InChI is InChI=1S/C14H31N3O/c1-4-14(2)17(12-13-18-3)11-10-16-8-5-6-15-7-9-16/h14-15H,4-13H2,1-3H3. The lowest BCUT2D eigenvalue weighted by molar-refractivity contribution is 0.111. The Kier molecular flexibility index (Phi) is 8.59. The van der Waals surface area contributed by atoms with Gasteiger partial charge in [-0.3, -0.25) is 4.90 Å². The van der Waals surface area contributed by atoms with Crippen molar-refractivity contribution in [3.63, 3.8) is 0 Å². The summed E-state index contributed by atoms with van der Waals surface area (Å²) < 4.78 is 5.21. The van der Waals surface area contributed by atoms with E-state index in [1.807, 2.05) is 0 Å². The molecule has 1 aliphatic rings. The van der Waals surface area contributed by atoms with Gasteiger partial charge in [-0.1, -0.05) is 6.92 Å². The van der Waals surface area contributed by atoms with Crippen molar-refractivity contribution in [1.82, 2.24) is 15.1 Å². The first-order valence-electron chi connectivity index (χ1n) is 7.44. The van der Waals surface area contributed by atoms with Crippen LogP contribution in [0, 0.1) is 0 Å². The topological polar surface area (TPSA) is 27.7 Å². The van der Waals surface area contributed by atoms with E-state index in [0.717, 1.165) is 19.7 Å². The SMILES string of the molecule is CCC(C)N(CCOC)CCN1CCCNCC1. The summed E-state index contributed by atoms with van der Waals surface area (Å²) in [6.45, 7) is 13.6. The number of ether oxygens (including phenoxy) is 1. The molecule has 4 heteroatoms. The minimum atomic E-state index is 0.658. The predicted molar refractivity (Wildman–Crippen MR) is 77.1 cm³/mol. The molecule has 1 heterocycles. The Bertz CT molecular complexity index is 193. The van der Waals surface area contributed by atoms with E-state index in [4.69, 9.17) is 4.74 Å². The van der Waals surface area contributed by atoms with Gasteiger partial charge in [0.15, 0.2) is 0 Å². The molecular weight excluding hydrogens is 226 g/mol. The zero-order valence-electron chi connectivity index (χ0n) is 12.5. The fraction of sp³-hybridized carbons (Fsp3) is 1.00. The van der Waals surface area contributed by atoms with Crippen molar-refractivity contribution in [3.8, 4) is 0 Å². The molecule has 0 spiro atoms. The average Bonchev–Trinajstić information content (AvgIpc) is 2.66. The molecule has 0 aliphatic carbocycles. The first-order chi connectivity index (χ1) is 8.77. The van der Waals surface area contributed by atoms with E-state index in [2.05, 4.69) is 29.0 Å². The molecule has 1 saturated heterocycles. The Morgan fingerprint density at radius 3 is 2.83 bits per heavy atom. The maximum absolute atomic E-state index is 5.21. The Hall–Kier alpha value is -0.160. The van der Waals surface area contributed by atoms with Crippen LogP contribution >= 0.6 is 0 Å². The third-order valence-electron chi connectivity index (χ3n) is 3.93. The molecule has 1 fully saturated rings. The van der Waals surface area contributed by atoms with Gasteiger partial charge in [-0.05, 0) is 32.9 Å². The van der Waals surface area contributed by atoms with E-state index >= 15 is 0 Å². The summed E-state index contributed by atoms with van der Waals surface area (Å²) in [5.74, 6) is 0. The Labute approximate surface area is 113 Å². The fourth-order valence-corrected chi connectivity index (χ4v) is 2.41. The molecule has 0 amide bonds. The Morgan fingerprint density at radius 1 is 1.28 bits per heavy atom. The van der Waals surface area contributed by atoms with Gasteiger partial charge < -0.3 is 15.0 Å². The van der Waals surface area contributed by atoms with Crippen LogP contribution in [0.5, 0.6) is 0 Å². The monoisotopic (exact) mass is 257 g/mol. The Morgan fingerprint density at radius 2 is 2.11 bits per heavy atom. The zero-order valence-corrected chi connectivity index (χ0v) is 12.5. The molecule has 0 radical (unpaired) electrons. The van der Waals surface area contributed by atoms with E-state index in [1.165, 1.54) is 45.6 Å². The van der Waals surface area contributed by atoms with Crippen molar-refractivity contribution in [2.45, 2.75) is 32.7 Å². The summed E-state index contributed by atoms with van der Waals surface area (Å²) >= 11 is 0. The Balaban J connectivity index is 2.29. The van der Waals surface area contributed by atoms with E-state index in [0.29, 0.717) is 6.04 Å². The molecule has 0 aromatic rings. The number of nitrogens with zero attached hydrogens (tertiary/aromatic N) is 2. The average molecular weight is 257 g/mol. The van der Waals surface area contributed by atoms with Gasteiger partial charge in [-0.15, -0.1) is 0 Å². The highest BCUT2D eigenvalue weighted by Gasteiger charge is 2.14. The van der Waals surface area contributed by atoms with Crippen LogP contribution < -0.4 is 5.32 Å². The van der Waals surface area contributed by atoms with Crippen LogP contribution in [0.15, 0.2) is 0 Å². The van der Waals surface area contributed by atoms with Gasteiger partial charge in [0.2, 0.25) is 0 Å². The zero-order chi connectivity index (χ0) is 13.2. The first-order valence-corrected chi connectivity index (χ1v) is 7.44. The smallest absolute Gasteiger partial charge is 0.0589 e. The summed E-state index contributed by atoms with van der Waals surface area (Å²) in [6.07, 6.45) is 2.49. The molecule has 0 aromatic carbocycles. The van der Waals surface area contributed by atoms with Crippen molar-refractivity contribution in [3.05, 3.63) is 0 Å². The quantitative estimate of drug-likeness (QED) is 0.703. The van der Waals surface area contributed by atoms with Crippen LogP contribution in [0.4, 0.5) is 0 Å². The van der Waals surface area contributed by atoms with Crippen molar-refractivity contribution < 1.29 is 4.74 Å². The maximum Gasteiger partial charge on any atom is 0.0589 e. The van der Waals surface area contributed by atoms with Gasteiger partial charge in [-0.25, -0.2) is 0 Å². The normalized spacial score (nSPS) is 20.0. The highest BCUT2D eigenvalue weighted by molar-refractivity contribution is 4.71. The lowest BCUT2D eigenvalue weighted by Gasteiger charge is -2.30. The van der Waals surface area contributed by atoms with Gasteiger partial charge in [0.1, 0.15) is 0 Å². The fourth-order valence-electron chi connectivity index (χ4n) is 2.41. The molecule has 18 heavy (non-hydrogen) atoms. The van der Waals surface area contributed by atoms with E-state index in [-0.39, 0.29) is 0 Å². The third-order valence-corrected chi connectivity index (χ3v) is 3.93. The molecule has 1 N–H and O–H groups in total. The number of methoxy groups -OCH3 is 1. The molecule has 108 valence electrons. The summed E-state index contributed by atoms with van der Waals surface area (Å²) in [5, 5.41) is 3.46. The molecule has 0 saturated carbocycles. The summed E-state index contributed by atoms with van der Waals surface area (Å²) in [5.41, 5.74) is 0. The second-order valence-electron chi connectivity index (χ2n) is 5.23. The van der Waals surface area contributed by atoms with Gasteiger partial charge in [-0.2, -0.15) is 0 Å². The predicted octanol–water partition coefficient (Wildman–Crippen LogP) is 1.03. The minimum absolute atomic E-state index is 0.658. The molecule has 1 unspecified atom stereocenters. The van der Waals surface area contributed by atoms with Crippen LogP contribution in [0.2, 0.25) is 0 Å². The van der Waals surface area contributed by atoms with Crippen molar-refractivity contribution >= 4 is 0 Å². The van der Waals surface area contributed by atoms with Gasteiger partial charge in [0.25, 0.3) is 0 Å². The summed E-state index contributed by atoms with van der Waals surface area (Å²) in [4.78, 5) is 5.14. The van der Waals surface area contributed by atoms with Crippen molar-refractivity contribution in [2.75, 3.05) is 59.5 Å². The second kappa shape index (κ2) is 9.73.